The molecule has 0 saturated carbocycles. The van der Waals surface area contributed by atoms with Crippen molar-refractivity contribution in [3.8, 4) is 16.3 Å². The molecule has 0 spiro atoms. The predicted molar refractivity (Wildman–Crippen MR) is 87.5 cm³/mol. The number of carboxylic acid groups (broad SMARTS) is 1. The number of methoxy groups -OCH3 is 1. The SMILES string of the molecule is COc1ccc(Br)c(-c2nc(C(C)(C)C)c(C(=O)O)s2)c1. The first kappa shape index (κ1) is 16.0. The number of carboxylic acids is 1. The first-order valence-corrected chi connectivity index (χ1v) is 7.93. The third-order valence-corrected chi connectivity index (χ3v) is 4.70. The van der Waals surface area contributed by atoms with Crippen molar-refractivity contribution in [2.45, 2.75) is 26.2 Å². The summed E-state index contributed by atoms with van der Waals surface area (Å²) in [6.07, 6.45) is 0. The summed E-state index contributed by atoms with van der Waals surface area (Å²) >= 11 is 4.67. The molecule has 1 aromatic heterocycles. The molecule has 1 N–H and O–H groups in total. The predicted octanol–water partition coefficient (Wildman–Crippen LogP) is 4.58. The van der Waals surface area contributed by atoms with Gasteiger partial charge in [0.15, 0.2) is 0 Å². The van der Waals surface area contributed by atoms with Gasteiger partial charge in [-0.1, -0.05) is 36.7 Å². The zero-order valence-corrected chi connectivity index (χ0v) is 14.6. The maximum absolute atomic E-state index is 11.5. The number of aromatic carboxylic acids is 1. The number of thiazole rings is 1. The van der Waals surface area contributed by atoms with Crippen molar-refractivity contribution in [3.05, 3.63) is 33.2 Å². The maximum atomic E-state index is 11.5. The summed E-state index contributed by atoms with van der Waals surface area (Å²) < 4.78 is 6.08. The van der Waals surface area contributed by atoms with Crippen LogP contribution in [-0.2, 0) is 5.41 Å². The summed E-state index contributed by atoms with van der Waals surface area (Å²) in [6, 6.07) is 5.55. The summed E-state index contributed by atoms with van der Waals surface area (Å²) in [5.74, 6) is -0.236. The molecule has 0 aliphatic rings. The Morgan fingerprint density at radius 3 is 2.52 bits per heavy atom. The highest BCUT2D eigenvalue weighted by Crippen LogP contribution is 2.38. The molecule has 0 aliphatic carbocycles. The van der Waals surface area contributed by atoms with E-state index in [1.54, 1.807) is 7.11 Å². The molecule has 0 unspecified atom stereocenters. The molecule has 4 nitrogen and oxygen atoms in total. The van der Waals surface area contributed by atoms with Gasteiger partial charge in [0.1, 0.15) is 15.6 Å². The molecule has 0 radical (unpaired) electrons. The number of benzene rings is 1. The summed E-state index contributed by atoms with van der Waals surface area (Å²) in [5.41, 5.74) is 1.11. The molecular formula is C15H16BrNO3S. The van der Waals surface area contributed by atoms with Gasteiger partial charge in [-0.3, -0.25) is 0 Å². The lowest BCUT2D eigenvalue weighted by atomic mass is 9.91. The standard InChI is InChI=1S/C15H16BrNO3S/c1-15(2,3)12-11(14(18)19)21-13(17-12)9-7-8(20-4)5-6-10(9)16/h5-7H,1-4H3,(H,18,19). The summed E-state index contributed by atoms with van der Waals surface area (Å²) in [7, 11) is 1.60. The number of ether oxygens (including phenoxy) is 1. The minimum absolute atomic E-state index is 0.284. The minimum Gasteiger partial charge on any atom is -0.497 e. The quantitative estimate of drug-likeness (QED) is 0.859. The fourth-order valence-electron chi connectivity index (χ4n) is 1.88. The number of halogens is 1. The molecular weight excluding hydrogens is 354 g/mol. The molecule has 0 saturated heterocycles. The van der Waals surface area contributed by atoms with Crippen LogP contribution in [-0.4, -0.2) is 23.2 Å². The average Bonchev–Trinajstić information content (AvgIpc) is 2.84. The van der Waals surface area contributed by atoms with Crippen molar-refractivity contribution in [2.24, 2.45) is 0 Å². The Bertz CT molecular complexity index is 689. The average molecular weight is 370 g/mol. The van der Waals surface area contributed by atoms with E-state index in [0.29, 0.717) is 16.5 Å². The van der Waals surface area contributed by atoms with Crippen molar-refractivity contribution in [2.75, 3.05) is 7.11 Å². The van der Waals surface area contributed by atoms with E-state index >= 15 is 0 Å². The molecule has 0 fully saturated rings. The number of aromatic nitrogens is 1. The number of hydrogen-bond acceptors (Lipinski definition) is 4. The van der Waals surface area contributed by atoms with Crippen LogP contribution in [0.4, 0.5) is 0 Å². The van der Waals surface area contributed by atoms with Crippen LogP contribution in [0, 0.1) is 0 Å². The van der Waals surface area contributed by atoms with Gasteiger partial charge in [0.2, 0.25) is 0 Å². The van der Waals surface area contributed by atoms with Gasteiger partial charge in [-0.05, 0) is 18.2 Å². The van der Waals surface area contributed by atoms with Crippen LogP contribution < -0.4 is 4.74 Å². The van der Waals surface area contributed by atoms with Crippen molar-refractivity contribution in [1.82, 2.24) is 4.98 Å². The first-order chi connectivity index (χ1) is 9.74. The van der Waals surface area contributed by atoms with E-state index < -0.39 is 5.97 Å². The van der Waals surface area contributed by atoms with Gasteiger partial charge in [0.25, 0.3) is 0 Å². The Morgan fingerprint density at radius 2 is 2.05 bits per heavy atom. The van der Waals surface area contributed by atoms with E-state index in [2.05, 4.69) is 20.9 Å². The molecule has 6 heteroatoms. The molecule has 0 amide bonds. The van der Waals surface area contributed by atoms with Crippen molar-refractivity contribution >= 4 is 33.2 Å². The highest BCUT2D eigenvalue weighted by Gasteiger charge is 2.27. The largest absolute Gasteiger partial charge is 0.497 e. The van der Waals surface area contributed by atoms with Gasteiger partial charge in [-0.25, -0.2) is 9.78 Å². The van der Waals surface area contributed by atoms with E-state index in [1.165, 1.54) is 11.3 Å². The van der Waals surface area contributed by atoms with Gasteiger partial charge >= 0.3 is 5.97 Å². The number of nitrogens with zero attached hydrogens (tertiary/aromatic N) is 1. The molecule has 2 aromatic rings. The fourth-order valence-corrected chi connectivity index (χ4v) is 3.59. The molecule has 0 bridgehead atoms. The van der Waals surface area contributed by atoms with E-state index in [-0.39, 0.29) is 10.3 Å². The number of carbonyl (C=O) groups is 1. The molecule has 0 aliphatic heterocycles. The monoisotopic (exact) mass is 369 g/mol. The van der Waals surface area contributed by atoms with Crippen molar-refractivity contribution in [3.63, 3.8) is 0 Å². The lowest BCUT2D eigenvalue weighted by Crippen LogP contribution is -2.16. The zero-order valence-electron chi connectivity index (χ0n) is 12.2. The summed E-state index contributed by atoms with van der Waals surface area (Å²) in [5, 5.41) is 10.1. The third kappa shape index (κ3) is 3.27. The van der Waals surface area contributed by atoms with Gasteiger partial charge in [-0.15, -0.1) is 11.3 Å². The summed E-state index contributed by atoms with van der Waals surface area (Å²) in [6.45, 7) is 5.87. The van der Waals surface area contributed by atoms with Gasteiger partial charge in [0, 0.05) is 15.5 Å². The van der Waals surface area contributed by atoms with Crippen LogP contribution in [0.2, 0.25) is 0 Å². The second-order valence-corrected chi connectivity index (χ2v) is 7.45. The minimum atomic E-state index is -0.942. The van der Waals surface area contributed by atoms with Crippen molar-refractivity contribution in [1.29, 1.82) is 0 Å². The maximum Gasteiger partial charge on any atom is 0.347 e. The molecule has 21 heavy (non-hydrogen) atoms. The number of rotatable bonds is 3. The van der Waals surface area contributed by atoms with Crippen LogP contribution in [0.3, 0.4) is 0 Å². The Labute approximate surface area is 135 Å². The Hall–Kier alpha value is -1.40. The Balaban J connectivity index is 2.63. The van der Waals surface area contributed by atoms with Crippen molar-refractivity contribution < 1.29 is 14.6 Å². The second kappa shape index (κ2) is 5.77. The Kier molecular flexibility index (Phi) is 4.39. The normalized spacial score (nSPS) is 11.5. The number of hydrogen-bond donors (Lipinski definition) is 1. The van der Waals surface area contributed by atoms with Crippen LogP contribution in [0.5, 0.6) is 5.75 Å². The molecule has 1 aromatic carbocycles. The topological polar surface area (TPSA) is 59.4 Å². The van der Waals surface area contributed by atoms with E-state index in [1.807, 2.05) is 39.0 Å². The van der Waals surface area contributed by atoms with Gasteiger partial charge in [-0.2, -0.15) is 0 Å². The highest BCUT2D eigenvalue weighted by molar-refractivity contribution is 9.10. The lowest BCUT2D eigenvalue weighted by Gasteiger charge is -2.16. The second-order valence-electron chi connectivity index (χ2n) is 5.60. The van der Waals surface area contributed by atoms with Crippen LogP contribution in [0.25, 0.3) is 10.6 Å². The lowest BCUT2D eigenvalue weighted by molar-refractivity contribution is 0.0699. The van der Waals surface area contributed by atoms with Crippen LogP contribution >= 0.6 is 27.3 Å². The highest BCUT2D eigenvalue weighted by atomic mass is 79.9. The molecule has 0 atom stereocenters. The van der Waals surface area contributed by atoms with Crippen LogP contribution in [0.1, 0.15) is 36.1 Å². The molecule has 2 rings (SSSR count). The van der Waals surface area contributed by atoms with Gasteiger partial charge < -0.3 is 9.84 Å². The Morgan fingerprint density at radius 1 is 1.38 bits per heavy atom. The first-order valence-electron chi connectivity index (χ1n) is 6.32. The summed E-state index contributed by atoms with van der Waals surface area (Å²) in [4.78, 5) is 16.3. The van der Waals surface area contributed by atoms with E-state index in [0.717, 1.165) is 10.0 Å². The third-order valence-electron chi connectivity index (χ3n) is 2.94. The fraction of sp³-hybridized carbons (Fsp3) is 0.333. The zero-order chi connectivity index (χ0) is 15.8. The molecule has 1 heterocycles. The van der Waals surface area contributed by atoms with E-state index in [4.69, 9.17) is 4.74 Å². The molecule has 112 valence electrons. The van der Waals surface area contributed by atoms with Crippen LogP contribution in [0.15, 0.2) is 22.7 Å². The van der Waals surface area contributed by atoms with Gasteiger partial charge in [0.05, 0.1) is 12.8 Å². The smallest absolute Gasteiger partial charge is 0.347 e. The van der Waals surface area contributed by atoms with E-state index in [9.17, 15) is 9.90 Å².